The van der Waals surface area contributed by atoms with Crippen molar-refractivity contribution in [3.63, 3.8) is 0 Å². The molecule has 0 amide bonds. The van der Waals surface area contributed by atoms with Crippen LogP contribution in [0.5, 0.6) is 5.75 Å². The Morgan fingerprint density at radius 1 is 0.929 bits per heavy atom. The molecule has 0 unspecified atom stereocenters. The van der Waals surface area contributed by atoms with Gasteiger partial charge in [-0.1, -0.05) is 48.5 Å². The fourth-order valence-corrected chi connectivity index (χ4v) is 3.69. The molecule has 3 aromatic carbocycles. The maximum absolute atomic E-state index is 12.7. The van der Waals surface area contributed by atoms with E-state index >= 15 is 0 Å². The minimum atomic E-state index is -0.0453. The Balaban J connectivity index is 1.52. The summed E-state index contributed by atoms with van der Waals surface area (Å²) < 4.78 is 12.0. The molecule has 2 heterocycles. The highest BCUT2D eigenvalue weighted by atomic mass is 16.5. The fourth-order valence-electron chi connectivity index (χ4n) is 3.69. The van der Waals surface area contributed by atoms with E-state index in [1.165, 1.54) is 0 Å². The maximum Gasteiger partial charge on any atom is 0.193 e. The van der Waals surface area contributed by atoms with Crippen LogP contribution in [0, 0.1) is 6.92 Å². The first kappa shape index (κ1) is 16.6. The number of nitrogens with zero attached hydrogens (tertiary/aromatic N) is 1. The lowest BCUT2D eigenvalue weighted by Gasteiger charge is -2.31. The van der Waals surface area contributed by atoms with Gasteiger partial charge in [-0.2, -0.15) is 0 Å². The van der Waals surface area contributed by atoms with E-state index in [0.717, 1.165) is 34.7 Å². The second kappa shape index (κ2) is 6.57. The molecule has 0 fully saturated rings. The number of anilines is 1. The summed E-state index contributed by atoms with van der Waals surface area (Å²) in [6.45, 7) is 3.26. The average molecular weight is 369 g/mol. The zero-order valence-corrected chi connectivity index (χ0v) is 15.5. The van der Waals surface area contributed by atoms with Gasteiger partial charge in [0.1, 0.15) is 17.1 Å². The summed E-state index contributed by atoms with van der Waals surface area (Å²) in [5, 5.41) is 0.576. The van der Waals surface area contributed by atoms with E-state index in [-0.39, 0.29) is 5.43 Å². The zero-order valence-electron chi connectivity index (χ0n) is 15.5. The van der Waals surface area contributed by atoms with E-state index in [4.69, 9.17) is 9.15 Å². The minimum Gasteiger partial charge on any atom is -0.472 e. The summed E-state index contributed by atoms with van der Waals surface area (Å²) >= 11 is 0. The van der Waals surface area contributed by atoms with Crippen molar-refractivity contribution in [1.29, 1.82) is 0 Å². The molecule has 1 aliphatic heterocycles. The third-order valence-corrected chi connectivity index (χ3v) is 5.15. The van der Waals surface area contributed by atoms with Gasteiger partial charge in [0.15, 0.2) is 12.2 Å². The quantitative estimate of drug-likeness (QED) is 0.492. The van der Waals surface area contributed by atoms with Crippen LogP contribution < -0.4 is 15.1 Å². The highest BCUT2D eigenvalue weighted by Gasteiger charge is 2.19. The second-order valence-corrected chi connectivity index (χ2v) is 7.06. The smallest absolute Gasteiger partial charge is 0.193 e. The average Bonchev–Trinajstić information content (AvgIpc) is 2.74. The largest absolute Gasteiger partial charge is 0.472 e. The molecule has 0 radical (unpaired) electrons. The third kappa shape index (κ3) is 2.83. The van der Waals surface area contributed by atoms with Crippen molar-refractivity contribution in [3.8, 4) is 17.1 Å². The van der Waals surface area contributed by atoms with Gasteiger partial charge < -0.3 is 14.1 Å². The summed E-state index contributed by atoms with van der Waals surface area (Å²) in [6.07, 6.45) is 0. The Kier molecular flexibility index (Phi) is 3.90. The summed E-state index contributed by atoms with van der Waals surface area (Å²) in [4.78, 5) is 14.9. The van der Waals surface area contributed by atoms with E-state index in [2.05, 4.69) is 24.0 Å². The van der Waals surface area contributed by atoms with Crippen LogP contribution in [-0.4, -0.2) is 6.73 Å². The third-order valence-electron chi connectivity index (χ3n) is 5.15. The number of hydrogen-bond acceptors (Lipinski definition) is 4. The topological polar surface area (TPSA) is 42.7 Å². The molecule has 0 spiro atoms. The normalized spacial score (nSPS) is 13.2. The Morgan fingerprint density at radius 2 is 1.79 bits per heavy atom. The second-order valence-electron chi connectivity index (χ2n) is 7.06. The maximum atomic E-state index is 12.7. The predicted octanol–water partition coefficient (Wildman–Crippen LogP) is 5.12. The number of para-hydroxylation sites is 1. The summed E-state index contributed by atoms with van der Waals surface area (Å²) in [5.74, 6) is 1.54. The molecule has 4 heteroatoms. The van der Waals surface area contributed by atoms with Gasteiger partial charge in [-0.25, -0.2) is 0 Å². The molecule has 0 atom stereocenters. The SMILES string of the molecule is Cc1cccc2c1OCN(c1ccc3oc(-c4ccccc4)cc(=O)c3c1)C2. The number of ether oxygens (including phenoxy) is 1. The van der Waals surface area contributed by atoms with Gasteiger partial charge in [-0.05, 0) is 30.7 Å². The lowest BCUT2D eigenvalue weighted by atomic mass is 10.1. The Labute approximate surface area is 162 Å². The molecule has 28 heavy (non-hydrogen) atoms. The van der Waals surface area contributed by atoms with Gasteiger partial charge in [-0.3, -0.25) is 4.79 Å². The Hall–Kier alpha value is -3.53. The van der Waals surface area contributed by atoms with Crippen molar-refractivity contribution in [2.45, 2.75) is 13.5 Å². The number of fused-ring (bicyclic) bond motifs is 2. The zero-order chi connectivity index (χ0) is 19.1. The lowest BCUT2D eigenvalue weighted by Crippen LogP contribution is -2.32. The Bertz CT molecular complexity index is 1230. The Morgan fingerprint density at radius 3 is 2.64 bits per heavy atom. The molecule has 0 aliphatic carbocycles. The molecular formula is C24H19NO3. The molecule has 4 nitrogen and oxygen atoms in total. The monoisotopic (exact) mass is 369 g/mol. The molecule has 1 aliphatic rings. The van der Waals surface area contributed by atoms with Crippen molar-refractivity contribution in [2.24, 2.45) is 0 Å². The molecule has 138 valence electrons. The summed E-state index contributed by atoms with van der Waals surface area (Å²) in [6, 6.07) is 23.1. The van der Waals surface area contributed by atoms with Crippen LogP contribution in [0.2, 0.25) is 0 Å². The van der Waals surface area contributed by atoms with E-state index in [1.54, 1.807) is 6.07 Å². The lowest BCUT2D eigenvalue weighted by molar-refractivity contribution is 0.287. The van der Waals surface area contributed by atoms with Crippen LogP contribution in [0.15, 0.2) is 82.0 Å². The van der Waals surface area contributed by atoms with Crippen molar-refractivity contribution < 1.29 is 9.15 Å². The molecule has 5 rings (SSSR count). The van der Waals surface area contributed by atoms with E-state index in [1.807, 2.05) is 54.6 Å². The molecule has 1 aromatic heterocycles. The number of rotatable bonds is 2. The van der Waals surface area contributed by atoms with Crippen LogP contribution in [0.4, 0.5) is 5.69 Å². The summed E-state index contributed by atoms with van der Waals surface area (Å²) in [7, 11) is 0. The molecular weight excluding hydrogens is 350 g/mol. The first-order valence-electron chi connectivity index (χ1n) is 9.28. The number of aryl methyl sites for hydroxylation is 1. The van der Waals surface area contributed by atoms with Gasteiger partial charge in [0, 0.05) is 29.4 Å². The van der Waals surface area contributed by atoms with Crippen LogP contribution in [-0.2, 0) is 6.54 Å². The first-order valence-corrected chi connectivity index (χ1v) is 9.28. The van der Waals surface area contributed by atoms with Crippen LogP contribution in [0.1, 0.15) is 11.1 Å². The summed E-state index contributed by atoms with van der Waals surface area (Å²) in [5.41, 5.74) is 4.67. The molecule has 0 bridgehead atoms. The predicted molar refractivity (Wildman–Crippen MR) is 111 cm³/mol. The van der Waals surface area contributed by atoms with E-state index < -0.39 is 0 Å². The standard InChI is InChI=1S/C24H19NO3/c1-16-6-5-9-18-14-25(15-27-24(16)18)19-10-11-22-20(12-19)21(26)13-23(28-22)17-7-3-2-4-8-17/h2-13H,14-15H2,1H3. The van der Waals surface area contributed by atoms with Gasteiger partial charge in [-0.15, -0.1) is 0 Å². The molecule has 4 aromatic rings. The van der Waals surface area contributed by atoms with Crippen molar-refractivity contribution >= 4 is 16.7 Å². The van der Waals surface area contributed by atoms with Crippen LogP contribution in [0.25, 0.3) is 22.3 Å². The van der Waals surface area contributed by atoms with Gasteiger partial charge >= 0.3 is 0 Å². The van der Waals surface area contributed by atoms with E-state index in [0.29, 0.717) is 23.5 Å². The fraction of sp³-hybridized carbons (Fsp3) is 0.125. The number of benzene rings is 3. The highest BCUT2D eigenvalue weighted by Crippen LogP contribution is 2.32. The van der Waals surface area contributed by atoms with Gasteiger partial charge in [0.2, 0.25) is 0 Å². The van der Waals surface area contributed by atoms with Crippen LogP contribution >= 0.6 is 0 Å². The van der Waals surface area contributed by atoms with Crippen molar-refractivity contribution in [2.75, 3.05) is 11.6 Å². The van der Waals surface area contributed by atoms with Crippen molar-refractivity contribution in [1.82, 2.24) is 0 Å². The molecule has 0 N–H and O–H groups in total. The first-order chi connectivity index (χ1) is 13.7. The van der Waals surface area contributed by atoms with Gasteiger partial charge in [0.05, 0.1) is 5.39 Å². The van der Waals surface area contributed by atoms with Crippen LogP contribution in [0.3, 0.4) is 0 Å². The van der Waals surface area contributed by atoms with E-state index in [9.17, 15) is 4.79 Å². The molecule has 0 saturated carbocycles. The molecule has 0 saturated heterocycles. The number of hydrogen-bond donors (Lipinski definition) is 0. The minimum absolute atomic E-state index is 0.0453. The van der Waals surface area contributed by atoms with Crippen molar-refractivity contribution in [3.05, 3.63) is 94.1 Å². The van der Waals surface area contributed by atoms with Gasteiger partial charge in [0.25, 0.3) is 0 Å². The highest BCUT2D eigenvalue weighted by molar-refractivity contribution is 5.82.